The number of ether oxygens (including phenoxy) is 2. The average molecular weight is 377 g/mol. The maximum atomic E-state index is 12.7. The molecule has 2 heterocycles. The maximum absolute atomic E-state index is 12.7. The van der Waals surface area contributed by atoms with Gasteiger partial charge >= 0.3 is 11.9 Å². The summed E-state index contributed by atoms with van der Waals surface area (Å²) in [5.74, 6) is -0.788. The SMILES string of the molecule is CCOC(=O)C1=C(NC2CCCCC2)n2c(C)cc(=O)n2C1C(=O)OCC. The number of hydrogen-bond donors (Lipinski definition) is 1. The molecule has 1 aliphatic heterocycles. The van der Waals surface area contributed by atoms with Crippen LogP contribution < -0.4 is 10.9 Å². The Morgan fingerprint density at radius 3 is 2.44 bits per heavy atom. The van der Waals surface area contributed by atoms with Gasteiger partial charge in [-0.15, -0.1) is 0 Å². The monoisotopic (exact) mass is 377 g/mol. The topological polar surface area (TPSA) is 91.6 Å². The van der Waals surface area contributed by atoms with Crippen LogP contribution in [-0.2, 0) is 19.1 Å². The van der Waals surface area contributed by atoms with Crippen LogP contribution in [0.2, 0.25) is 0 Å². The Morgan fingerprint density at radius 1 is 1.15 bits per heavy atom. The summed E-state index contributed by atoms with van der Waals surface area (Å²) >= 11 is 0. The Bertz CT molecular complexity index is 814. The molecule has 8 heteroatoms. The van der Waals surface area contributed by atoms with E-state index >= 15 is 0 Å². The molecular weight excluding hydrogens is 350 g/mol. The molecule has 27 heavy (non-hydrogen) atoms. The number of nitrogens with one attached hydrogen (secondary N) is 1. The lowest BCUT2D eigenvalue weighted by molar-refractivity contribution is -0.149. The van der Waals surface area contributed by atoms with Crippen LogP contribution >= 0.6 is 0 Å². The van der Waals surface area contributed by atoms with E-state index in [4.69, 9.17) is 9.47 Å². The Kier molecular flexibility index (Phi) is 5.72. The largest absolute Gasteiger partial charge is 0.464 e. The van der Waals surface area contributed by atoms with Gasteiger partial charge in [0, 0.05) is 17.8 Å². The van der Waals surface area contributed by atoms with E-state index in [0.29, 0.717) is 11.5 Å². The van der Waals surface area contributed by atoms with Gasteiger partial charge in [-0.05, 0) is 33.6 Å². The summed E-state index contributed by atoms with van der Waals surface area (Å²) in [6.45, 7) is 5.51. The highest BCUT2D eigenvalue weighted by molar-refractivity contribution is 6.02. The highest BCUT2D eigenvalue weighted by Gasteiger charge is 2.44. The van der Waals surface area contributed by atoms with Crippen molar-refractivity contribution in [1.82, 2.24) is 14.7 Å². The number of aromatic nitrogens is 2. The van der Waals surface area contributed by atoms with E-state index in [1.165, 1.54) is 17.2 Å². The first-order chi connectivity index (χ1) is 13.0. The fourth-order valence-corrected chi connectivity index (χ4v) is 3.90. The normalized spacial score (nSPS) is 19.7. The zero-order valence-electron chi connectivity index (χ0n) is 16.1. The van der Waals surface area contributed by atoms with Gasteiger partial charge in [-0.3, -0.25) is 4.79 Å². The van der Waals surface area contributed by atoms with E-state index < -0.39 is 18.0 Å². The first-order valence-electron chi connectivity index (χ1n) is 9.65. The number of fused-ring (bicyclic) bond motifs is 1. The lowest BCUT2D eigenvalue weighted by atomic mass is 9.95. The molecular formula is C19H27N3O5. The highest BCUT2D eigenvalue weighted by atomic mass is 16.5. The molecule has 0 aromatic carbocycles. The predicted molar refractivity (Wildman–Crippen MR) is 99.0 cm³/mol. The Hall–Kier alpha value is -2.51. The van der Waals surface area contributed by atoms with E-state index in [9.17, 15) is 14.4 Å². The fraction of sp³-hybridized carbons (Fsp3) is 0.632. The summed E-state index contributed by atoms with van der Waals surface area (Å²) in [5.41, 5.74) is 0.432. The van der Waals surface area contributed by atoms with E-state index in [-0.39, 0.29) is 30.4 Å². The summed E-state index contributed by atoms with van der Waals surface area (Å²) in [6, 6.07) is 0.497. The van der Waals surface area contributed by atoms with Gasteiger partial charge in [-0.1, -0.05) is 19.3 Å². The molecule has 8 nitrogen and oxygen atoms in total. The van der Waals surface area contributed by atoms with Gasteiger partial charge in [0.05, 0.1) is 13.2 Å². The average Bonchev–Trinajstić information content (AvgIpc) is 3.12. The van der Waals surface area contributed by atoms with Crippen LogP contribution in [0.5, 0.6) is 0 Å². The van der Waals surface area contributed by atoms with Gasteiger partial charge in [0.2, 0.25) is 0 Å². The van der Waals surface area contributed by atoms with Crippen LogP contribution in [0.4, 0.5) is 0 Å². The molecule has 1 N–H and O–H groups in total. The number of esters is 2. The molecule has 1 atom stereocenters. The zero-order chi connectivity index (χ0) is 19.6. The van der Waals surface area contributed by atoms with Crippen molar-refractivity contribution < 1.29 is 19.1 Å². The molecule has 1 unspecified atom stereocenters. The molecule has 1 aromatic rings. The van der Waals surface area contributed by atoms with Crippen molar-refractivity contribution in [3.8, 4) is 0 Å². The fourth-order valence-electron chi connectivity index (χ4n) is 3.90. The molecule has 0 saturated heterocycles. The Labute approximate surface area is 158 Å². The van der Waals surface area contributed by atoms with Gasteiger partial charge in [0.25, 0.3) is 5.56 Å². The number of carbonyl (C=O) groups excluding carboxylic acids is 2. The van der Waals surface area contributed by atoms with Crippen LogP contribution in [0.1, 0.15) is 57.7 Å². The van der Waals surface area contributed by atoms with Gasteiger partial charge < -0.3 is 14.8 Å². The number of nitrogens with zero attached hydrogens (tertiary/aromatic N) is 2. The lowest BCUT2D eigenvalue weighted by Gasteiger charge is -2.25. The third-order valence-corrected chi connectivity index (χ3v) is 5.04. The van der Waals surface area contributed by atoms with Crippen LogP contribution in [0.25, 0.3) is 5.82 Å². The van der Waals surface area contributed by atoms with Crippen molar-refractivity contribution >= 4 is 17.8 Å². The first kappa shape index (κ1) is 19.3. The van der Waals surface area contributed by atoms with Gasteiger partial charge in [0.15, 0.2) is 6.04 Å². The highest BCUT2D eigenvalue weighted by Crippen LogP contribution is 2.33. The molecule has 1 aliphatic carbocycles. The molecule has 0 bridgehead atoms. The molecule has 0 spiro atoms. The van der Waals surface area contributed by atoms with E-state index in [0.717, 1.165) is 25.7 Å². The van der Waals surface area contributed by atoms with Crippen molar-refractivity contribution in [1.29, 1.82) is 0 Å². The molecule has 1 aromatic heterocycles. The third-order valence-electron chi connectivity index (χ3n) is 5.04. The number of aryl methyl sites for hydroxylation is 1. The van der Waals surface area contributed by atoms with Gasteiger partial charge in [-0.2, -0.15) is 0 Å². The standard InChI is InChI=1S/C19H27N3O5/c1-4-26-18(24)15-16(19(25)27-5-2)22-14(23)11-12(3)21(22)17(15)20-13-9-7-6-8-10-13/h11,13,16,20H,4-10H2,1-3H3. The summed E-state index contributed by atoms with van der Waals surface area (Å²) in [5, 5.41) is 3.42. The second kappa shape index (κ2) is 8.02. The first-order valence-corrected chi connectivity index (χ1v) is 9.65. The second-order valence-corrected chi connectivity index (χ2v) is 6.90. The summed E-state index contributed by atoms with van der Waals surface area (Å²) in [4.78, 5) is 38.0. The number of rotatable bonds is 6. The Morgan fingerprint density at radius 2 is 1.81 bits per heavy atom. The molecule has 0 amide bonds. The summed E-state index contributed by atoms with van der Waals surface area (Å²) in [6.07, 6.45) is 5.38. The zero-order valence-corrected chi connectivity index (χ0v) is 16.1. The molecule has 3 rings (SSSR count). The predicted octanol–water partition coefficient (Wildman–Crippen LogP) is 1.73. The number of carbonyl (C=O) groups is 2. The lowest BCUT2D eigenvalue weighted by Crippen LogP contribution is -2.33. The maximum Gasteiger partial charge on any atom is 0.340 e. The van der Waals surface area contributed by atoms with Crippen LogP contribution in [-0.4, -0.2) is 40.6 Å². The van der Waals surface area contributed by atoms with Gasteiger partial charge in [0.1, 0.15) is 11.4 Å². The van der Waals surface area contributed by atoms with Gasteiger partial charge in [-0.25, -0.2) is 19.0 Å². The van der Waals surface area contributed by atoms with Crippen LogP contribution in [0.15, 0.2) is 16.4 Å². The van der Waals surface area contributed by atoms with Crippen LogP contribution in [0, 0.1) is 6.92 Å². The summed E-state index contributed by atoms with van der Waals surface area (Å²) < 4.78 is 13.3. The van der Waals surface area contributed by atoms with Crippen molar-refractivity contribution in [2.75, 3.05) is 13.2 Å². The van der Waals surface area contributed by atoms with Crippen LogP contribution in [0.3, 0.4) is 0 Å². The molecule has 2 aliphatic rings. The summed E-state index contributed by atoms with van der Waals surface area (Å²) in [7, 11) is 0. The Balaban J connectivity index is 2.12. The van der Waals surface area contributed by atoms with E-state index in [2.05, 4.69) is 5.32 Å². The van der Waals surface area contributed by atoms with E-state index in [1.54, 1.807) is 25.5 Å². The van der Waals surface area contributed by atoms with Crippen molar-refractivity contribution in [2.45, 2.75) is 65.0 Å². The van der Waals surface area contributed by atoms with Crippen molar-refractivity contribution in [3.05, 3.63) is 27.7 Å². The smallest absolute Gasteiger partial charge is 0.340 e. The molecule has 148 valence electrons. The second-order valence-electron chi connectivity index (χ2n) is 6.90. The quantitative estimate of drug-likeness (QED) is 0.759. The number of hydrogen-bond acceptors (Lipinski definition) is 6. The third kappa shape index (κ3) is 3.52. The molecule has 1 saturated carbocycles. The minimum Gasteiger partial charge on any atom is -0.464 e. The van der Waals surface area contributed by atoms with Crippen molar-refractivity contribution in [2.24, 2.45) is 0 Å². The molecule has 0 radical (unpaired) electrons. The molecule has 1 fully saturated rings. The van der Waals surface area contributed by atoms with E-state index in [1.807, 2.05) is 0 Å². The van der Waals surface area contributed by atoms with Crippen molar-refractivity contribution in [3.63, 3.8) is 0 Å². The minimum absolute atomic E-state index is 0.140. The minimum atomic E-state index is -1.14.